The topological polar surface area (TPSA) is 265 Å². The number of carbonyl (C=O) groups is 8. The standard InChI is InChI=1S/C17H28O4.C13H17NO5.2C10H16O2.3C8H14O.C7H13Br.C7H13.C3H6O2.BrH.Mg/c1-6-7-8-9-12-10-14(12)21-15(18)11-13(16(19)20-5)17(2,3)4;1-2-3-4-5-9-8-10(9)18-13(17)19-14-11(15)6-7-12(14)16;2*1-3-4-5-6-9-7-10(9)12-8(2)11;3*1-2-3-4-5-7-6-8(7)9;1-2-3-4-5-6-7-8;1-3-5-7-6-4-2;1-2-5-3-4;;/h6,12-14H,1,7-11H2,2-5H3;2,9-10H,1,3-8H2;2*3,9-10H,1,4-7H2,2H3;3*2,7-9H,1,3-6H2;2H,1,3-7H2;3H,1-2,4-7H2;3H,2H2,1H3;1H;/q;;;;;;;;-1;;;+2/p-1/t12-,13-,14-;3*9-,10-;3*7-,8-;;;;;/m1110110...../s1. The smallest absolute Gasteiger partial charge is 1.00 e. The zero-order valence-electron chi connectivity index (χ0n) is 70.9. The molecule has 0 spiro atoms. The van der Waals surface area contributed by atoms with Crippen LogP contribution in [-0.2, 0) is 66.8 Å². The fourth-order valence-corrected chi connectivity index (χ4v) is 12.0. The SMILES string of the molecule is C=CCCCCCBr.C=CCCCC[CH2-].C=CCCC[C@@H]1C[C@H]1O.C=CCCC[C@@H]1C[C@H]1O.C=CCCC[C@@H]1C[C@H]1OC(=O)C[C@H](C(=O)OC)C(C)(C)C.C=CCCC[C@@H]1C[C@H]1OC(=O)ON1C(=O)CCC1=O.C=CCCC[C@@H]1C[C@H]1OC(C)=O.C=CCCC[C@H]1C[C@@H]1O.C=CCCC[C@H]1C[C@@H]1OC(C)=O.CCOC=O.[Br-].[Mg+2]. The molecular weight excluding hydrogens is 1580 g/mol. The Kier molecular flexibility index (Phi) is 74.3. The predicted octanol–water partition coefficient (Wildman–Crippen LogP) is 17.7. The number of halogens is 2. The summed E-state index contributed by atoms with van der Waals surface area (Å²) in [5, 5.41) is 28.3. The molecule has 0 unspecified atom stereocenters. The monoisotopic (exact) mass is 1730 g/mol. The third-order valence-corrected chi connectivity index (χ3v) is 20.0. The van der Waals surface area contributed by atoms with E-state index in [1.165, 1.54) is 124 Å². The van der Waals surface area contributed by atoms with Crippen molar-refractivity contribution in [3.63, 3.8) is 0 Å². The first-order chi connectivity index (χ1) is 53.1. The molecule has 113 heavy (non-hydrogen) atoms. The molecular formula is C91H151Br2MgNO18. The van der Waals surface area contributed by atoms with Gasteiger partial charge >= 0.3 is 53.1 Å². The number of esters is 4. The Morgan fingerprint density at radius 2 is 0.779 bits per heavy atom. The first kappa shape index (κ1) is 114. The number of allylic oxidation sites excluding steroid dienone is 9. The van der Waals surface area contributed by atoms with Crippen molar-refractivity contribution in [3.8, 4) is 0 Å². The van der Waals surface area contributed by atoms with Gasteiger partial charge in [0, 0.05) is 32.0 Å². The minimum absolute atomic E-state index is 0. The maximum atomic E-state index is 12.0. The number of hydrogen-bond donors (Lipinski definition) is 3. The summed E-state index contributed by atoms with van der Waals surface area (Å²) in [5.74, 6) is 1.60. The molecule has 7 saturated carbocycles. The normalized spacial score (nSPS) is 23.2. The van der Waals surface area contributed by atoms with Gasteiger partial charge in [0.05, 0.1) is 44.4 Å². The number of methoxy groups -OCH3 is 1. The number of amides is 2. The van der Waals surface area contributed by atoms with Gasteiger partial charge in [-0.15, -0.1) is 59.2 Å². The number of unbranched alkanes of at least 4 members (excludes halogenated alkanes) is 13. The van der Waals surface area contributed by atoms with Gasteiger partial charge in [-0.2, -0.15) is 6.42 Å². The molecule has 8 aliphatic rings. The van der Waals surface area contributed by atoms with E-state index in [9.17, 15) is 38.4 Å². The van der Waals surface area contributed by atoms with Crippen molar-refractivity contribution in [1.29, 1.82) is 0 Å². The Morgan fingerprint density at radius 1 is 0.487 bits per heavy atom. The third-order valence-electron chi connectivity index (χ3n) is 19.4. The maximum Gasteiger partial charge on any atom is 2.00 e. The average molecular weight is 1730 g/mol. The third kappa shape index (κ3) is 67.7. The van der Waals surface area contributed by atoms with E-state index in [-0.39, 0.29) is 131 Å². The van der Waals surface area contributed by atoms with E-state index >= 15 is 0 Å². The summed E-state index contributed by atoms with van der Waals surface area (Å²) in [6.45, 7) is 47.9. The van der Waals surface area contributed by atoms with Crippen LogP contribution in [0.3, 0.4) is 0 Å². The number of carbonyl (C=O) groups excluding carboxylic acids is 8. The summed E-state index contributed by atoms with van der Waals surface area (Å²) in [5.41, 5.74) is -0.320. The second-order valence-electron chi connectivity index (χ2n) is 30.8. The summed E-state index contributed by atoms with van der Waals surface area (Å²) in [6.07, 6.45) is 57.4. The van der Waals surface area contributed by atoms with Gasteiger partial charge in [-0.05, 0) is 259 Å². The Morgan fingerprint density at radius 3 is 1.03 bits per heavy atom. The summed E-state index contributed by atoms with van der Waals surface area (Å²) in [7, 11) is 1.35. The van der Waals surface area contributed by atoms with Gasteiger partial charge in [-0.3, -0.25) is 38.4 Å². The summed E-state index contributed by atoms with van der Waals surface area (Å²) in [4.78, 5) is 92.5. The Bertz CT molecular complexity index is 2520. The Hall–Kier alpha value is -4.97. The van der Waals surface area contributed by atoms with Crippen LogP contribution in [0.5, 0.6) is 0 Å². The van der Waals surface area contributed by atoms with Gasteiger partial charge in [0.25, 0.3) is 18.3 Å². The van der Waals surface area contributed by atoms with E-state index in [1.807, 2.05) is 75.5 Å². The fraction of sp³-hybridized carbons (Fsp3) is 0.703. The van der Waals surface area contributed by atoms with Crippen LogP contribution in [0, 0.1) is 59.7 Å². The number of alkyl halides is 1. The van der Waals surface area contributed by atoms with Gasteiger partial charge in [-0.1, -0.05) is 116 Å². The summed E-state index contributed by atoms with van der Waals surface area (Å²) in [6, 6.07) is 0. The van der Waals surface area contributed by atoms with Gasteiger partial charge < -0.3 is 67.6 Å². The van der Waals surface area contributed by atoms with Crippen LogP contribution in [-0.4, -0.2) is 154 Å². The van der Waals surface area contributed by atoms with E-state index in [1.54, 1.807) is 6.92 Å². The molecule has 3 N–H and O–H groups in total. The van der Waals surface area contributed by atoms with Gasteiger partial charge in [0.1, 0.15) is 24.4 Å². The van der Waals surface area contributed by atoms with Crippen LogP contribution < -0.4 is 17.0 Å². The molecule has 8 rings (SSSR count). The maximum absolute atomic E-state index is 12.0. The second-order valence-corrected chi connectivity index (χ2v) is 31.6. The van der Waals surface area contributed by atoms with Crippen LogP contribution in [0.4, 0.5) is 4.79 Å². The van der Waals surface area contributed by atoms with Crippen molar-refractivity contribution < 1.29 is 104 Å². The second kappa shape index (κ2) is 73.4. The first-order valence-corrected chi connectivity index (χ1v) is 42.6. The van der Waals surface area contributed by atoms with Crippen molar-refractivity contribution >= 4 is 87.3 Å². The number of rotatable bonds is 47. The molecule has 0 aromatic rings. The molecule has 1 saturated heterocycles. The van der Waals surface area contributed by atoms with Crippen LogP contribution in [0.2, 0.25) is 0 Å². The van der Waals surface area contributed by atoms with Crippen LogP contribution >= 0.6 is 15.9 Å². The van der Waals surface area contributed by atoms with Crippen molar-refractivity contribution in [2.45, 2.75) is 335 Å². The first-order valence-electron chi connectivity index (χ1n) is 41.4. The number of aliphatic hydroxyl groups is 3. The zero-order valence-corrected chi connectivity index (χ0v) is 75.5. The molecule has 22 heteroatoms. The number of aliphatic hydroxyl groups excluding tert-OH is 3. The summed E-state index contributed by atoms with van der Waals surface area (Å²) < 4.78 is 29.5. The molecule has 8 fully saturated rings. The molecule has 0 bridgehead atoms. The molecule has 2 amide bonds. The number of ether oxygens (including phenoxy) is 6. The molecule has 15 atom stereocenters. The van der Waals surface area contributed by atoms with Crippen LogP contribution in [0.15, 0.2) is 114 Å². The molecule has 0 aromatic carbocycles. The summed E-state index contributed by atoms with van der Waals surface area (Å²) >= 11 is 3.38. The van der Waals surface area contributed by atoms with Crippen LogP contribution in [0.1, 0.15) is 292 Å². The van der Waals surface area contributed by atoms with Gasteiger partial charge in [0.15, 0.2) is 0 Å². The molecule has 0 radical (unpaired) electrons. The molecule has 1 heterocycles. The number of imide groups is 1. The number of hydrogen-bond acceptors (Lipinski definition) is 18. The van der Waals surface area contributed by atoms with Crippen molar-refractivity contribution in [2.24, 2.45) is 52.8 Å². The number of nitrogens with zero attached hydrogens (tertiary/aromatic N) is 1. The van der Waals surface area contributed by atoms with Crippen molar-refractivity contribution in [1.82, 2.24) is 5.06 Å². The van der Waals surface area contributed by atoms with Gasteiger partial charge in [0.2, 0.25) is 0 Å². The minimum Gasteiger partial charge on any atom is -1.00 e. The predicted molar refractivity (Wildman–Crippen MR) is 456 cm³/mol. The molecule has 7 aliphatic carbocycles. The largest absolute Gasteiger partial charge is 2.00 e. The Balaban J connectivity index is -0.000000599. The average Bonchev–Trinajstić information content (AvgIpc) is 1.76. The van der Waals surface area contributed by atoms with Crippen LogP contribution in [0.25, 0.3) is 0 Å². The minimum atomic E-state index is -0.972. The van der Waals surface area contributed by atoms with E-state index in [4.69, 9.17) is 39.0 Å². The quantitative estimate of drug-likeness (QED) is 0.00588. The Labute approximate surface area is 718 Å². The van der Waals surface area contributed by atoms with E-state index < -0.39 is 23.9 Å². The zero-order chi connectivity index (χ0) is 83.8. The molecule has 644 valence electrons. The van der Waals surface area contributed by atoms with E-state index in [0.29, 0.717) is 59.6 Å². The van der Waals surface area contributed by atoms with Crippen molar-refractivity contribution in [2.75, 3.05) is 19.0 Å². The van der Waals surface area contributed by atoms with E-state index in [2.05, 4.69) is 91.6 Å². The van der Waals surface area contributed by atoms with Crippen molar-refractivity contribution in [3.05, 3.63) is 121 Å². The van der Waals surface area contributed by atoms with E-state index in [0.717, 1.165) is 134 Å². The van der Waals surface area contributed by atoms with Gasteiger partial charge in [-0.25, -0.2) is 4.79 Å². The molecule has 1 aliphatic heterocycles. The number of hydroxylamine groups is 2. The molecule has 0 aromatic heterocycles. The molecule has 19 nitrogen and oxygen atoms in total. The fourth-order valence-electron chi connectivity index (χ4n) is 11.6.